The van der Waals surface area contributed by atoms with Crippen LogP contribution in [-0.4, -0.2) is 20.5 Å². The van der Waals surface area contributed by atoms with Gasteiger partial charge in [-0.05, 0) is 22.3 Å². The third kappa shape index (κ3) is 3.03. The Balaban J connectivity index is 2.27. The minimum atomic E-state index is 1.08. The van der Waals surface area contributed by atoms with Crippen LogP contribution in [0, 0.1) is 0 Å². The van der Waals surface area contributed by atoms with E-state index in [1.54, 1.807) is 0 Å². The summed E-state index contributed by atoms with van der Waals surface area (Å²) in [6.45, 7) is 0. The summed E-state index contributed by atoms with van der Waals surface area (Å²) in [4.78, 5) is 0. The van der Waals surface area contributed by atoms with Crippen LogP contribution in [0.25, 0.3) is 10.8 Å². The zero-order valence-corrected chi connectivity index (χ0v) is 14.1. The lowest BCUT2D eigenvalue weighted by Gasteiger charge is -2.16. The largest absolute Gasteiger partial charge is 0.0729 e. The van der Waals surface area contributed by atoms with Crippen molar-refractivity contribution < 1.29 is 0 Å². The Morgan fingerprint density at radius 1 is 0.591 bits per heavy atom. The lowest BCUT2D eigenvalue weighted by Crippen LogP contribution is -2.10. The van der Waals surface area contributed by atoms with Gasteiger partial charge in [-0.3, -0.25) is 0 Å². The fourth-order valence-corrected chi connectivity index (χ4v) is 3.24. The van der Waals surface area contributed by atoms with Gasteiger partial charge in [-0.15, -0.1) is 0 Å². The summed E-state index contributed by atoms with van der Waals surface area (Å²) < 4.78 is 0. The standard InChI is InChI=1S/C20H14Si2/c21-18-14-8-7-13-17(18)19(15-9-3-1-4-10-15)20(22)16-11-5-2-6-12-16/h1-14H/b20-19-. The van der Waals surface area contributed by atoms with Gasteiger partial charge in [0.1, 0.15) is 0 Å². The van der Waals surface area contributed by atoms with Gasteiger partial charge >= 0.3 is 0 Å². The van der Waals surface area contributed by atoms with Crippen LogP contribution in [0.3, 0.4) is 0 Å². The first-order valence-electron chi connectivity index (χ1n) is 7.15. The van der Waals surface area contributed by atoms with Crippen LogP contribution in [0.1, 0.15) is 16.7 Å². The van der Waals surface area contributed by atoms with Gasteiger partial charge in [0.25, 0.3) is 0 Å². The van der Waals surface area contributed by atoms with Gasteiger partial charge in [0.05, 0.1) is 20.5 Å². The maximum atomic E-state index is 3.88. The highest BCUT2D eigenvalue weighted by molar-refractivity contribution is 6.48. The molecule has 3 rings (SSSR count). The highest BCUT2D eigenvalue weighted by Gasteiger charge is 2.11. The molecule has 0 saturated carbocycles. The van der Waals surface area contributed by atoms with E-state index in [2.05, 4.69) is 87.2 Å². The van der Waals surface area contributed by atoms with Crippen LogP contribution in [-0.2, 0) is 0 Å². The molecule has 0 N–H and O–H groups in total. The van der Waals surface area contributed by atoms with Crippen molar-refractivity contribution in [2.75, 3.05) is 0 Å². The molecule has 102 valence electrons. The molecular weight excluding hydrogens is 296 g/mol. The summed E-state index contributed by atoms with van der Waals surface area (Å²) in [5.74, 6) is 0. The van der Waals surface area contributed by atoms with E-state index in [9.17, 15) is 0 Å². The van der Waals surface area contributed by atoms with Gasteiger partial charge in [-0.25, -0.2) is 0 Å². The van der Waals surface area contributed by atoms with E-state index in [4.69, 9.17) is 0 Å². The van der Waals surface area contributed by atoms with Crippen molar-refractivity contribution in [3.63, 3.8) is 0 Å². The molecule has 0 aliphatic carbocycles. The molecule has 0 bridgehead atoms. The summed E-state index contributed by atoms with van der Waals surface area (Å²) in [6.07, 6.45) is 0. The molecule has 0 aromatic heterocycles. The van der Waals surface area contributed by atoms with Crippen molar-refractivity contribution >= 4 is 36.4 Å². The van der Waals surface area contributed by atoms with Crippen LogP contribution in [0.4, 0.5) is 0 Å². The second-order valence-electron chi connectivity index (χ2n) is 5.03. The minimum absolute atomic E-state index is 1.08. The van der Waals surface area contributed by atoms with Crippen molar-refractivity contribution in [1.29, 1.82) is 0 Å². The number of hydrogen-bond acceptors (Lipinski definition) is 0. The van der Waals surface area contributed by atoms with Gasteiger partial charge < -0.3 is 0 Å². The second-order valence-corrected chi connectivity index (χ2v) is 6.07. The summed E-state index contributed by atoms with van der Waals surface area (Å²) in [6, 6.07) is 29.1. The van der Waals surface area contributed by atoms with Crippen molar-refractivity contribution in [1.82, 2.24) is 0 Å². The van der Waals surface area contributed by atoms with Crippen LogP contribution in [0.15, 0.2) is 84.9 Å². The molecule has 6 radical (unpaired) electrons. The predicted octanol–water partition coefficient (Wildman–Crippen LogP) is 3.57. The van der Waals surface area contributed by atoms with Crippen molar-refractivity contribution in [2.45, 2.75) is 0 Å². The Morgan fingerprint density at radius 3 is 1.68 bits per heavy atom. The molecule has 0 fully saturated rings. The highest BCUT2D eigenvalue weighted by Crippen LogP contribution is 2.29. The first-order chi connectivity index (χ1) is 10.8. The van der Waals surface area contributed by atoms with E-state index in [0.29, 0.717) is 0 Å². The molecule has 0 aliphatic rings. The number of rotatable bonds is 3. The second kappa shape index (κ2) is 6.73. The quantitative estimate of drug-likeness (QED) is 0.512. The predicted molar refractivity (Wildman–Crippen MR) is 96.4 cm³/mol. The fourth-order valence-electron chi connectivity index (χ4n) is 2.49. The Morgan fingerprint density at radius 2 is 1.09 bits per heavy atom. The average molecular weight is 311 g/mol. The summed E-state index contributed by atoms with van der Waals surface area (Å²) >= 11 is 0. The smallest absolute Gasteiger partial charge is 0.0632 e. The Kier molecular flexibility index (Phi) is 4.51. The molecule has 3 aromatic carbocycles. The molecule has 0 spiro atoms. The molecule has 3 aromatic rings. The van der Waals surface area contributed by atoms with Gasteiger partial charge in [-0.1, -0.05) is 95.3 Å². The molecule has 0 atom stereocenters. The lowest BCUT2D eigenvalue weighted by atomic mass is 9.95. The maximum Gasteiger partial charge on any atom is 0.0729 e. The van der Waals surface area contributed by atoms with Crippen molar-refractivity contribution in [3.8, 4) is 0 Å². The third-order valence-electron chi connectivity index (χ3n) is 3.57. The molecular formula is C20H14Si2. The average Bonchev–Trinajstić information content (AvgIpc) is 2.58. The molecule has 22 heavy (non-hydrogen) atoms. The van der Waals surface area contributed by atoms with Gasteiger partial charge in [-0.2, -0.15) is 0 Å². The topological polar surface area (TPSA) is 0 Å². The maximum absolute atomic E-state index is 3.88. The van der Waals surface area contributed by atoms with Crippen LogP contribution in [0.5, 0.6) is 0 Å². The zero-order chi connectivity index (χ0) is 15.4. The Labute approximate surface area is 138 Å². The van der Waals surface area contributed by atoms with Crippen molar-refractivity contribution in [3.05, 3.63) is 102 Å². The van der Waals surface area contributed by atoms with E-state index in [-0.39, 0.29) is 0 Å². The van der Waals surface area contributed by atoms with Gasteiger partial charge in [0.15, 0.2) is 0 Å². The van der Waals surface area contributed by atoms with Crippen molar-refractivity contribution in [2.24, 2.45) is 0 Å². The number of benzene rings is 3. The van der Waals surface area contributed by atoms with Crippen LogP contribution < -0.4 is 5.19 Å². The molecule has 0 unspecified atom stereocenters. The normalized spacial score (nSPS) is 11.9. The molecule has 0 nitrogen and oxygen atoms in total. The lowest BCUT2D eigenvalue weighted by molar-refractivity contribution is 1.56. The molecule has 0 saturated heterocycles. The van der Waals surface area contributed by atoms with Gasteiger partial charge in [0.2, 0.25) is 0 Å². The van der Waals surface area contributed by atoms with E-state index in [0.717, 1.165) is 15.9 Å². The molecule has 0 heterocycles. The zero-order valence-electron chi connectivity index (χ0n) is 12.1. The summed E-state index contributed by atoms with van der Waals surface area (Å²) in [5.41, 5.74) is 4.68. The van der Waals surface area contributed by atoms with E-state index in [1.807, 2.05) is 18.2 Å². The highest BCUT2D eigenvalue weighted by atomic mass is 28.1. The first-order valence-corrected chi connectivity index (χ1v) is 8.15. The Hall–Kier alpha value is -2.17. The number of hydrogen-bond donors (Lipinski definition) is 0. The monoisotopic (exact) mass is 310 g/mol. The molecule has 2 heteroatoms. The third-order valence-corrected chi connectivity index (χ3v) is 4.55. The van der Waals surface area contributed by atoms with E-state index < -0.39 is 0 Å². The Bertz CT molecular complexity index is 790. The molecule has 0 amide bonds. The summed E-state index contributed by atoms with van der Waals surface area (Å²) in [7, 11) is 7.61. The SMILES string of the molecule is [Si]/C(=C(/c1ccccc1)c1ccccc1[Si])c1ccccc1. The molecule has 0 aliphatic heterocycles. The summed E-state index contributed by atoms with van der Waals surface area (Å²) in [5, 5.41) is 2.16. The fraction of sp³-hybridized carbons (Fsp3) is 0. The minimum Gasteiger partial charge on any atom is -0.0632 e. The van der Waals surface area contributed by atoms with E-state index >= 15 is 0 Å². The van der Waals surface area contributed by atoms with E-state index in [1.165, 1.54) is 16.7 Å². The van der Waals surface area contributed by atoms with Gasteiger partial charge in [0, 0.05) is 0 Å². The van der Waals surface area contributed by atoms with Crippen LogP contribution in [0.2, 0.25) is 0 Å². The van der Waals surface area contributed by atoms with Crippen LogP contribution >= 0.6 is 0 Å². The first kappa shape index (κ1) is 14.8.